The molecule has 0 aliphatic rings. The predicted molar refractivity (Wildman–Crippen MR) is 79.8 cm³/mol. The van der Waals surface area contributed by atoms with Crippen LogP contribution in [-0.4, -0.2) is 85.4 Å². The number of amides is 1. The fourth-order valence-corrected chi connectivity index (χ4v) is 1.96. The zero-order valence-corrected chi connectivity index (χ0v) is 13.3. The average Bonchev–Trinajstić information content (AvgIpc) is 2.55. The van der Waals surface area contributed by atoms with E-state index in [0.717, 1.165) is 0 Å². The Labute approximate surface area is 138 Å². The molecule has 0 aliphatic heterocycles. The van der Waals surface area contributed by atoms with E-state index in [2.05, 4.69) is 5.32 Å². The first-order chi connectivity index (χ1) is 11.1. The molecule has 10 nitrogen and oxygen atoms in total. The Morgan fingerprint density at radius 1 is 1.00 bits per heavy atom. The van der Waals surface area contributed by atoms with Gasteiger partial charge in [-0.05, 0) is 6.42 Å². The molecule has 1 amide bonds. The molecule has 0 unspecified atom stereocenters. The van der Waals surface area contributed by atoms with Crippen molar-refractivity contribution in [1.82, 2.24) is 5.32 Å². The van der Waals surface area contributed by atoms with Crippen molar-refractivity contribution in [2.24, 2.45) is 0 Å². The van der Waals surface area contributed by atoms with Crippen LogP contribution in [0.1, 0.15) is 32.6 Å². The van der Waals surface area contributed by atoms with Gasteiger partial charge >= 0.3 is 5.97 Å². The molecule has 10 heteroatoms. The number of hydrogen-bond acceptors (Lipinski definition) is 8. The first-order valence-corrected chi connectivity index (χ1v) is 7.54. The number of Topliss-reactive ketones (excluding diaryl/α,β-unsaturated/α-hetero) is 1. The number of carboxylic acids is 1. The van der Waals surface area contributed by atoms with Crippen LogP contribution in [0.5, 0.6) is 0 Å². The lowest BCUT2D eigenvalue weighted by atomic mass is 9.94. The van der Waals surface area contributed by atoms with Crippen molar-refractivity contribution in [3.63, 3.8) is 0 Å². The van der Waals surface area contributed by atoms with Gasteiger partial charge in [0.25, 0.3) is 0 Å². The van der Waals surface area contributed by atoms with Gasteiger partial charge in [0.05, 0.1) is 18.8 Å². The minimum atomic E-state index is -1.94. The Bertz CT molecular complexity index is 428. The third kappa shape index (κ3) is 7.32. The van der Waals surface area contributed by atoms with Crippen molar-refractivity contribution in [1.29, 1.82) is 0 Å². The predicted octanol–water partition coefficient (Wildman–Crippen LogP) is -2.86. The lowest BCUT2D eigenvalue weighted by Gasteiger charge is -2.32. The number of aliphatic hydroxyl groups excluding tert-OH is 5. The largest absolute Gasteiger partial charge is 0.475 e. The lowest BCUT2D eigenvalue weighted by molar-refractivity contribution is -0.151. The summed E-state index contributed by atoms with van der Waals surface area (Å²) >= 11 is 0. The molecule has 0 fully saturated rings. The van der Waals surface area contributed by atoms with Crippen LogP contribution in [0.3, 0.4) is 0 Å². The lowest BCUT2D eigenvalue weighted by Crippen LogP contribution is -2.58. The maximum Gasteiger partial charge on any atom is 0.372 e. The van der Waals surface area contributed by atoms with Gasteiger partial charge < -0.3 is 36.0 Å². The van der Waals surface area contributed by atoms with Crippen LogP contribution in [0, 0.1) is 0 Å². The highest BCUT2D eigenvalue weighted by Crippen LogP contribution is 2.12. The van der Waals surface area contributed by atoms with Gasteiger partial charge in [-0.3, -0.25) is 9.59 Å². The molecule has 0 saturated carbocycles. The summed E-state index contributed by atoms with van der Waals surface area (Å²) in [6, 6.07) is -1.60. The van der Waals surface area contributed by atoms with Crippen LogP contribution in [0.15, 0.2) is 0 Å². The summed E-state index contributed by atoms with van der Waals surface area (Å²) in [6.07, 6.45) is -7.07. The first kappa shape index (κ1) is 22.4. The topological polar surface area (TPSA) is 185 Å². The molecular formula is C14H25NO9. The van der Waals surface area contributed by atoms with E-state index in [-0.39, 0.29) is 6.42 Å². The van der Waals surface area contributed by atoms with Gasteiger partial charge in [-0.25, -0.2) is 4.79 Å². The summed E-state index contributed by atoms with van der Waals surface area (Å²) in [7, 11) is 0. The number of carbonyl (C=O) groups excluding carboxylic acids is 2. The number of hydrogen-bond donors (Lipinski definition) is 7. The molecule has 0 heterocycles. The second-order valence-electron chi connectivity index (χ2n) is 5.43. The number of unbranched alkanes of at least 4 members (excludes halogenated alkanes) is 1. The zero-order chi connectivity index (χ0) is 18.9. The van der Waals surface area contributed by atoms with Crippen molar-refractivity contribution in [3.8, 4) is 0 Å². The van der Waals surface area contributed by atoms with Crippen LogP contribution in [0.25, 0.3) is 0 Å². The van der Waals surface area contributed by atoms with Gasteiger partial charge in [-0.2, -0.15) is 0 Å². The van der Waals surface area contributed by atoms with Crippen molar-refractivity contribution in [2.75, 3.05) is 6.61 Å². The summed E-state index contributed by atoms with van der Waals surface area (Å²) in [5, 5.41) is 58.6. The van der Waals surface area contributed by atoms with Crippen molar-refractivity contribution in [2.45, 2.75) is 63.1 Å². The molecule has 0 aliphatic carbocycles. The second kappa shape index (κ2) is 11.0. The fraction of sp³-hybridized carbons (Fsp3) is 0.786. The molecule has 0 aromatic carbocycles. The van der Waals surface area contributed by atoms with Gasteiger partial charge in [-0.1, -0.05) is 13.3 Å². The molecule has 0 saturated heterocycles. The van der Waals surface area contributed by atoms with E-state index in [9.17, 15) is 34.8 Å². The van der Waals surface area contributed by atoms with Crippen molar-refractivity contribution < 1.29 is 45.0 Å². The number of carboxylic acid groups (broad SMARTS) is 1. The Kier molecular flexibility index (Phi) is 10.3. The number of aliphatic hydroxyl groups is 5. The summed E-state index contributed by atoms with van der Waals surface area (Å²) in [4.78, 5) is 33.5. The van der Waals surface area contributed by atoms with Crippen LogP contribution >= 0.6 is 0 Å². The number of nitrogens with one attached hydrogen (secondary N) is 1. The number of aliphatic carboxylic acids is 1. The number of carbonyl (C=O) groups is 3. The van der Waals surface area contributed by atoms with Gasteiger partial charge in [0.15, 0.2) is 0 Å². The van der Waals surface area contributed by atoms with Gasteiger partial charge in [0.1, 0.15) is 18.3 Å². The number of rotatable bonds is 12. The Hall–Kier alpha value is -1.59. The van der Waals surface area contributed by atoms with E-state index in [1.54, 1.807) is 0 Å². The van der Waals surface area contributed by atoms with E-state index >= 15 is 0 Å². The number of ketones is 1. The van der Waals surface area contributed by atoms with E-state index in [0.29, 0.717) is 12.8 Å². The molecule has 0 radical (unpaired) electrons. The summed E-state index contributed by atoms with van der Waals surface area (Å²) in [5.41, 5.74) is 0. The smallest absolute Gasteiger partial charge is 0.372 e. The second-order valence-corrected chi connectivity index (χ2v) is 5.43. The molecular weight excluding hydrogens is 326 g/mol. The minimum Gasteiger partial charge on any atom is -0.475 e. The molecule has 7 N–H and O–H groups in total. The van der Waals surface area contributed by atoms with Crippen LogP contribution in [-0.2, 0) is 14.4 Å². The quantitative estimate of drug-likeness (QED) is 0.182. The van der Waals surface area contributed by atoms with E-state index < -0.39 is 61.1 Å². The maximum atomic E-state index is 11.8. The Balaban J connectivity index is 5.15. The highest BCUT2D eigenvalue weighted by atomic mass is 16.4. The van der Waals surface area contributed by atoms with Gasteiger partial charge in [0, 0.05) is 12.8 Å². The highest BCUT2D eigenvalue weighted by Gasteiger charge is 2.37. The summed E-state index contributed by atoms with van der Waals surface area (Å²) in [5.74, 6) is -3.73. The van der Waals surface area contributed by atoms with Crippen molar-refractivity contribution in [3.05, 3.63) is 0 Å². The molecule has 0 spiro atoms. The standard InChI is InChI=1S/C14H25NO9/c1-2-3-4-10(20)15-11(7(17)5-8(18)14(23)24)13(22)12(21)9(19)6-16/h7,9,11-13,16-17,19,21-22H,2-6H2,1H3,(H,15,20)(H,23,24)/t7-,9+,11+,12+,13+/m0/s1. The van der Waals surface area contributed by atoms with Crippen LogP contribution in [0.2, 0.25) is 0 Å². The maximum absolute atomic E-state index is 11.8. The summed E-state index contributed by atoms with van der Waals surface area (Å²) < 4.78 is 0. The van der Waals surface area contributed by atoms with Gasteiger partial charge in [-0.15, -0.1) is 0 Å². The highest BCUT2D eigenvalue weighted by molar-refractivity contribution is 6.32. The Morgan fingerprint density at radius 2 is 1.58 bits per heavy atom. The zero-order valence-electron chi connectivity index (χ0n) is 13.3. The van der Waals surface area contributed by atoms with E-state index in [1.807, 2.05) is 6.92 Å². The molecule has 5 atom stereocenters. The molecule has 0 aromatic heterocycles. The third-order valence-electron chi connectivity index (χ3n) is 3.43. The molecule has 0 aromatic rings. The SMILES string of the molecule is CCCCC(=O)N[C@@H]([C@@H](O)[C@H](O)[C@H](O)CO)[C@@H](O)CC(=O)C(=O)O. The minimum absolute atomic E-state index is 0.0535. The first-order valence-electron chi connectivity index (χ1n) is 7.54. The fourth-order valence-electron chi connectivity index (χ4n) is 1.96. The molecule has 140 valence electrons. The Morgan fingerprint density at radius 3 is 2.04 bits per heavy atom. The van der Waals surface area contributed by atoms with Gasteiger partial charge in [0.2, 0.25) is 11.7 Å². The van der Waals surface area contributed by atoms with E-state index in [1.165, 1.54) is 0 Å². The van der Waals surface area contributed by atoms with Crippen LogP contribution < -0.4 is 5.32 Å². The molecule has 0 bridgehead atoms. The monoisotopic (exact) mass is 351 g/mol. The molecule has 24 heavy (non-hydrogen) atoms. The van der Waals surface area contributed by atoms with Crippen molar-refractivity contribution >= 4 is 17.7 Å². The molecule has 0 rings (SSSR count). The third-order valence-corrected chi connectivity index (χ3v) is 3.43. The van der Waals surface area contributed by atoms with E-state index in [4.69, 9.17) is 10.2 Å². The average molecular weight is 351 g/mol. The normalized spacial score (nSPS) is 17.4. The summed E-state index contributed by atoms with van der Waals surface area (Å²) in [6.45, 7) is 0.945. The van der Waals surface area contributed by atoms with Crippen LogP contribution in [0.4, 0.5) is 0 Å².